The molecule has 0 atom stereocenters. The highest BCUT2D eigenvalue weighted by atomic mass is 35.5. The monoisotopic (exact) mass is 426 g/mol. The van der Waals surface area contributed by atoms with E-state index in [1.807, 2.05) is 16.5 Å². The second-order valence-electron chi connectivity index (χ2n) is 6.98. The number of benzene rings is 1. The standard InChI is InChI=1S/C21H23ClN6O2/c1-26(11-5-9-23)10-4-8-20(29)27-12-13-28-18(14-24-19(28)15-27)21(30)25-17-7-3-2-6-16(17)22/h2-4,6-8,14H,5,10-13,15H2,1H3,(H,25,30)/b8-4+. The van der Waals surface area contributed by atoms with Gasteiger partial charge in [-0.1, -0.05) is 29.8 Å². The summed E-state index contributed by atoms with van der Waals surface area (Å²) < 4.78 is 1.83. The van der Waals surface area contributed by atoms with Gasteiger partial charge in [-0.3, -0.25) is 9.59 Å². The van der Waals surface area contributed by atoms with Crippen LogP contribution in [0.1, 0.15) is 22.7 Å². The van der Waals surface area contributed by atoms with Crippen LogP contribution in [0.25, 0.3) is 0 Å². The van der Waals surface area contributed by atoms with E-state index >= 15 is 0 Å². The SMILES string of the molecule is CN(C/C=C/C(=O)N1CCn2c(C(=O)Nc3ccccc3Cl)cnc2C1)CCC#N. The normalized spacial score (nSPS) is 13.3. The molecule has 1 aliphatic rings. The number of para-hydroxylation sites is 1. The van der Waals surface area contributed by atoms with Crippen molar-refractivity contribution in [1.29, 1.82) is 5.26 Å². The summed E-state index contributed by atoms with van der Waals surface area (Å²) in [4.78, 5) is 33.1. The molecule has 1 aromatic heterocycles. The molecule has 0 saturated heterocycles. The summed E-state index contributed by atoms with van der Waals surface area (Å²) in [7, 11) is 1.90. The number of anilines is 1. The predicted molar refractivity (Wildman–Crippen MR) is 114 cm³/mol. The van der Waals surface area contributed by atoms with Crippen LogP contribution in [-0.4, -0.2) is 57.8 Å². The van der Waals surface area contributed by atoms with Crippen LogP contribution in [0.2, 0.25) is 5.02 Å². The van der Waals surface area contributed by atoms with Crippen LogP contribution in [0, 0.1) is 11.3 Å². The Morgan fingerprint density at radius 3 is 2.93 bits per heavy atom. The average molecular weight is 427 g/mol. The Kier molecular flexibility index (Phi) is 7.22. The predicted octanol–water partition coefficient (Wildman–Crippen LogP) is 2.53. The molecular formula is C21H23ClN6O2. The van der Waals surface area contributed by atoms with Crippen molar-refractivity contribution in [2.75, 3.05) is 32.0 Å². The molecule has 2 heterocycles. The molecule has 0 aliphatic carbocycles. The Morgan fingerprint density at radius 1 is 1.37 bits per heavy atom. The van der Waals surface area contributed by atoms with Crippen molar-refractivity contribution < 1.29 is 9.59 Å². The molecule has 0 radical (unpaired) electrons. The summed E-state index contributed by atoms with van der Waals surface area (Å²) in [6.45, 7) is 2.58. The Labute approximate surface area is 180 Å². The molecule has 3 rings (SSSR count). The lowest BCUT2D eigenvalue weighted by Gasteiger charge is -2.27. The van der Waals surface area contributed by atoms with E-state index < -0.39 is 0 Å². The number of nitrogens with zero attached hydrogens (tertiary/aromatic N) is 5. The van der Waals surface area contributed by atoms with Crippen molar-refractivity contribution in [3.63, 3.8) is 0 Å². The van der Waals surface area contributed by atoms with Crippen LogP contribution >= 0.6 is 11.6 Å². The quantitative estimate of drug-likeness (QED) is 0.686. The number of rotatable bonds is 7. The molecule has 0 fully saturated rings. The van der Waals surface area contributed by atoms with Gasteiger partial charge < -0.3 is 19.7 Å². The molecule has 0 saturated carbocycles. The van der Waals surface area contributed by atoms with Crippen LogP contribution in [0.3, 0.4) is 0 Å². The number of hydrogen-bond acceptors (Lipinski definition) is 5. The Balaban J connectivity index is 1.59. The van der Waals surface area contributed by atoms with Crippen LogP contribution in [0.4, 0.5) is 5.69 Å². The summed E-state index contributed by atoms with van der Waals surface area (Å²) in [6.07, 6.45) is 5.32. The molecule has 30 heavy (non-hydrogen) atoms. The van der Waals surface area contributed by atoms with E-state index in [0.717, 1.165) is 0 Å². The van der Waals surface area contributed by atoms with Gasteiger partial charge in [0.1, 0.15) is 11.5 Å². The third-order valence-electron chi connectivity index (χ3n) is 4.81. The number of halogens is 1. The average Bonchev–Trinajstić information content (AvgIpc) is 3.17. The molecule has 0 spiro atoms. The van der Waals surface area contributed by atoms with Crippen molar-refractivity contribution in [2.45, 2.75) is 19.5 Å². The Morgan fingerprint density at radius 2 is 2.17 bits per heavy atom. The summed E-state index contributed by atoms with van der Waals surface area (Å²) in [6, 6.07) is 9.14. The van der Waals surface area contributed by atoms with Gasteiger partial charge in [-0.25, -0.2) is 4.98 Å². The number of hydrogen-bond donors (Lipinski definition) is 1. The molecule has 0 bridgehead atoms. The van der Waals surface area contributed by atoms with Gasteiger partial charge in [0.25, 0.3) is 5.91 Å². The third-order valence-corrected chi connectivity index (χ3v) is 5.14. The third kappa shape index (κ3) is 5.26. The lowest BCUT2D eigenvalue weighted by molar-refractivity contribution is -0.127. The first-order chi connectivity index (χ1) is 14.5. The molecule has 1 aromatic carbocycles. The second-order valence-corrected chi connectivity index (χ2v) is 7.38. The topological polar surface area (TPSA) is 94.3 Å². The van der Waals surface area contributed by atoms with E-state index in [4.69, 9.17) is 16.9 Å². The van der Waals surface area contributed by atoms with Gasteiger partial charge in [0.15, 0.2) is 0 Å². The Hall–Kier alpha value is -3.15. The lowest BCUT2D eigenvalue weighted by atomic mass is 10.3. The number of nitriles is 1. The molecule has 0 unspecified atom stereocenters. The number of imidazole rings is 1. The number of fused-ring (bicyclic) bond motifs is 1. The zero-order valence-corrected chi connectivity index (χ0v) is 17.5. The van der Waals surface area contributed by atoms with Gasteiger partial charge in [0.05, 0.1) is 29.5 Å². The van der Waals surface area contributed by atoms with Crippen molar-refractivity contribution in [3.8, 4) is 6.07 Å². The minimum atomic E-state index is -0.290. The molecule has 156 valence electrons. The minimum absolute atomic E-state index is 0.0972. The fourth-order valence-electron chi connectivity index (χ4n) is 3.15. The first-order valence-corrected chi connectivity index (χ1v) is 9.98. The maximum Gasteiger partial charge on any atom is 0.273 e. The van der Waals surface area contributed by atoms with Gasteiger partial charge >= 0.3 is 0 Å². The minimum Gasteiger partial charge on any atom is -0.330 e. The summed E-state index contributed by atoms with van der Waals surface area (Å²) in [5.41, 5.74) is 0.976. The fourth-order valence-corrected chi connectivity index (χ4v) is 3.33. The largest absolute Gasteiger partial charge is 0.330 e. The maximum atomic E-state index is 12.6. The fraction of sp³-hybridized carbons (Fsp3) is 0.333. The molecule has 1 N–H and O–H groups in total. The second kappa shape index (κ2) is 10.1. The molecule has 1 aliphatic heterocycles. The van der Waals surface area contributed by atoms with Gasteiger partial charge in [-0.15, -0.1) is 0 Å². The van der Waals surface area contributed by atoms with Gasteiger partial charge in [-0.2, -0.15) is 5.26 Å². The van der Waals surface area contributed by atoms with E-state index in [1.54, 1.807) is 41.3 Å². The molecule has 8 nitrogen and oxygen atoms in total. The first-order valence-electron chi connectivity index (χ1n) is 9.61. The van der Waals surface area contributed by atoms with E-state index in [-0.39, 0.29) is 11.8 Å². The van der Waals surface area contributed by atoms with Gasteiger partial charge in [0.2, 0.25) is 5.91 Å². The van der Waals surface area contributed by atoms with Crippen LogP contribution in [-0.2, 0) is 17.9 Å². The van der Waals surface area contributed by atoms with Crippen molar-refractivity contribution in [2.24, 2.45) is 0 Å². The molecule has 2 aromatic rings. The smallest absolute Gasteiger partial charge is 0.273 e. The first kappa shape index (κ1) is 21.6. The number of carbonyl (C=O) groups is 2. The van der Waals surface area contributed by atoms with E-state index in [9.17, 15) is 9.59 Å². The number of carbonyl (C=O) groups excluding carboxylic acids is 2. The number of likely N-dealkylation sites (N-methyl/N-ethyl adjacent to an activating group) is 1. The summed E-state index contributed by atoms with van der Waals surface area (Å²) >= 11 is 6.11. The Bertz CT molecular complexity index is 994. The zero-order valence-electron chi connectivity index (χ0n) is 16.7. The van der Waals surface area contributed by atoms with E-state index in [1.165, 1.54) is 6.20 Å². The maximum absolute atomic E-state index is 12.6. The van der Waals surface area contributed by atoms with E-state index in [2.05, 4.69) is 16.4 Å². The summed E-state index contributed by atoms with van der Waals surface area (Å²) in [5.74, 6) is 0.278. The number of aromatic nitrogens is 2. The molecular weight excluding hydrogens is 404 g/mol. The van der Waals surface area contributed by atoms with Crippen molar-refractivity contribution in [3.05, 3.63) is 59.2 Å². The van der Waals surface area contributed by atoms with Crippen LogP contribution in [0.5, 0.6) is 0 Å². The summed E-state index contributed by atoms with van der Waals surface area (Å²) in [5, 5.41) is 11.9. The van der Waals surface area contributed by atoms with Gasteiger partial charge in [0, 0.05) is 38.7 Å². The van der Waals surface area contributed by atoms with Crippen molar-refractivity contribution >= 4 is 29.1 Å². The molecule has 9 heteroatoms. The highest BCUT2D eigenvalue weighted by Crippen LogP contribution is 2.22. The van der Waals surface area contributed by atoms with Gasteiger partial charge in [-0.05, 0) is 19.2 Å². The molecule has 2 amide bonds. The zero-order chi connectivity index (χ0) is 21.5. The highest BCUT2D eigenvalue weighted by Gasteiger charge is 2.25. The number of nitrogens with one attached hydrogen (secondary N) is 1. The van der Waals surface area contributed by atoms with Crippen LogP contribution < -0.4 is 5.32 Å². The lowest BCUT2D eigenvalue weighted by Crippen LogP contribution is -2.38. The van der Waals surface area contributed by atoms with Crippen molar-refractivity contribution in [1.82, 2.24) is 19.4 Å². The highest BCUT2D eigenvalue weighted by molar-refractivity contribution is 6.33. The number of amides is 2. The van der Waals surface area contributed by atoms with Crippen LogP contribution in [0.15, 0.2) is 42.6 Å². The van der Waals surface area contributed by atoms with E-state index in [0.29, 0.717) is 61.4 Å².